The second-order valence-electron chi connectivity index (χ2n) is 12.5. The molecule has 6 rings (SSSR count). The number of ketones is 1. The molecule has 2 heterocycles. The number of nitrogen functional groups attached to an aromatic ring is 2. The summed E-state index contributed by atoms with van der Waals surface area (Å²) in [5.41, 5.74) is 14.8. The van der Waals surface area contributed by atoms with Crippen LogP contribution < -0.4 is 11.5 Å². The third kappa shape index (κ3) is 6.96. The fourth-order valence-corrected chi connectivity index (χ4v) is 6.59. The van der Waals surface area contributed by atoms with Gasteiger partial charge in [0.1, 0.15) is 46.5 Å². The second-order valence-corrected chi connectivity index (χ2v) is 12.5. The highest BCUT2D eigenvalue weighted by Gasteiger charge is 2.29. The maximum Gasteiger partial charge on any atom is 0.341 e. The zero-order valence-corrected chi connectivity index (χ0v) is 27.2. The average Bonchev–Trinajstić information content (AvgIpc) is 3.10. The number of ether oxygens (including phenoxy) is 2. The number of rotatable bonds is 7. The highest BCUT2D eigenvalue weighted by molar-refractivity contribution is 5.92. The highest BCUT2D eigenvalue weighted by atomic mass is 19.1. The van der Waals surface area contributed by atoms with Crippen LogP contribution in [0.15, 0.2) is 42.7 Å². The van der Waals surface area contributed by atoms with Crippen molar-refractivity contribution >= 4 is 29.4 Å². The Kier molecular flexibility index (Phi) is 9.61. The van der Waals surface area contributed by atoms with E-state index < -0.39 is 29.7 Å². The number of Topliss-reactive ketones (excluding diaryl/α,β-unsaturated/α-hetero) is 1. The number of benzene rings is 2. The Morgan fingerprint density at radius 1 is 0.796 bits per heavy atom. The molecule has 4 aromatic rings. The fraction of sp³-hybridized carbons (Fsp3) is 0.361. The van der Waals surface area contributed by atoms with Crippen molar-refractivity contribution < 1.29 is 32.6 Å². The van der Waals surface area contributed by atoms with E-state index in [0.29, 0.717) is 85.3 Å². The third-order valence-corrected chi connectivity index (χ3v) is 9.48. The third-order valence-electron chi connectivity index (χ3n) is 9.48. The Morgan fingerprint density at radius 3 is 2.02 bits per heavy atom. The fourth-order valence-electron chi connectivity index (χ4n) is 6.59. The van der Waals surface area contributed by atoms with E-state index >= 15 is 4.39 Å². The topological polar surface area (TPSA) is 173 Å². The van der Waals surface area contributed by atoms with Crippen molar-refractivity contribution in [1.29, 1.82) is 0 Å². The number of anilines is 2. The molecule has 2 aliphatic rings. The number of hydrogen-bond donors (Lipinski definition) is 2. The van der Waals surface area contributed by atoms with Crippen LogP contribution in [-0.4, -0.2) is 50.9 Å². The van der Waals surface area contributed by atoms with Crippen LogP contribution in [0.3, 0.4) is 0 Å². The Balaban J connectivity index is 1.11. The molecule has 4 N–H and O–H groups in total. The average molecular weight is 671 g/mol. The van der Waals surface area contributed by atoms with Crippen LogP contribution in [0.4, 0.5) is 20.4 Å². The van der Waals surface area contributed by atoms with Gasteiger partial charge in [0.05, 0.1) is 42.0 Å². The molecule has 254 valence electrons. The molecule has 0 atom stereocenters. The van der Waals surface area contributed by atoms with Crippen LogP contribution in [0, 0.1) is 18.6 Å². The van der Waals surface area contributed by atoms with Crippen molar-refractivity contribution in [1.82, 2.24) is 19.9 Å². The summed E-state index contributed by atoms with van der Waals surface area (Å²) in [5, 5.41) is 0. The predicted octanol–water partition coefficient (Wildman–Crippen LogP) is 6.25. The SMILES string of the molecule is COC(=O)c1ccc(-c2nc(C3CCC(OC(=O)c4ccc(-c5nc(C6CCC(=O)CC6)cnc5N)c(C)c4F)CC3)cnc2N)cc1F. The van der Waals surface area contributed by atoms with E-state index in [9.17, 15) is 18.8 Å². The van der Waals surface area contributed by atoms with Crippen LogP contribution in [0.25, 0.3) is 22.5 Å². The van der Waals surface area contributed by atoms with Gasteiger partial charge in [0.15, 0.2) is 0 Å². The normalized spacial score (nSPS) is 18.2. The quantitative estimate of drug-likeness (QED) is 0.213. The molecule has 2 aliphatic carbocycles. The minimum atomic E-state index is -0.791. The maximum absolute atomic E-state index is 15.7. The van der Waals surface area contributed by atoms with E-state index in [-0.39, 0.29) is 45.9 Å². The van der Waals surface area contributed by atoms with Crippen LogP contribution in [0.1, 0.15) is 101 Å². The van der Waals surface area contributed by atoms with Crippen LogP contribution in [0.5, 0.6) is 0 Å². The van der Waals surface area contributed by atoms with Crippen LogP contribution >= 0.6 is 0 Å². The van der Waals surface area contributed by atoms with E-state index in [0.717, 1.165) is 0 Å². The minimum absolute atomic E-state index is 0.0179. The molecule has 2 saturated carbocycles. The van der Waals surface area contributed by atoms with E-state index in [4.69, 9.17) is 21.2 Å². The summed E-state index contributed by atoms with van der Waals surface area (Å²) in [6.45, 7) is 1.56. The Hall–Kier alpha value is -5.33. The lowest BCUT2D eigenvalue weighted by molar-refractivity contribution is -0.120. The lowest BCUT2D eigenvalue weighted by Crippen LogP contribution is -2.25. The number of hydrogen-bond acceptors (Lipinski definition) is 11. The molecule has 0 unspecified atom stereocenters. The molecule has 13 heteroatoms. The number of methoxy groups -OCH3 is 1. The van der Waals surface area contributed by atoms with Crippen molar-refractivity contribution in [3.8, 4) is 22.5 Å². The van der Waals surface area contributed by atoms with Gasteiger partial charge in [0, 0.05) is 35.8 Å². The molecule has 11 nitrogen and oxygen atoms in total. The summed E-state index contributed by atoms with van der Waals surface area (Å²) >= 11 is 0. The van der Waals surface area contributed by atoms with Gasteiger partial charge in [0.25, 0.3) is 0 Å². The van der Waals surface area contributed by atoms with Crippen molar-refractivity contribution in [3.05, 3.63) is 82.4 Å². The molecule has 0 radical (unpaired) electrons. The van der Waals surface area contributed by atoms with Crippen molar-refractivity contribution in [3.63, 3.8) is 0 Å². The van der Waals surface area contributed by atoms with Gasteiger partial charge in [-0.25, -0.2) is 38.3 Å². The van der Waals surface area contributed by atoms with Gasteiger partial charge < -0.3 is 20.9 Å². The molecule has 2 aromatic heterocycles. The maximum atomic E-state index is 15.7. The van der Waals surface area contributed by atoms with Gasteiger partial charge in [-0.1, -0.05) is 12.1 Å². The van der Waals surface area contributed by atoms with Crippen molar-refractivity contribution in [2.45, 2.75) is 76.2 Å². The highest BCUT2D eigenvalue weighted by Crippen LogP contribution is 2.37. The lowest BCUT2D eigenvalue weighted by atomic mass is 9.85. The number of esters is 2. The van der Waals surface area contributed by atoms with E-state index in [1.165, 1.54) is 31.4 Å². The number of carbonyl (C=O) groups is 3. The largest absolute Gasteiger partial charge is 0.465 e. The molecule has 0 bridgehead atoms. The van der Waals surface area contributed by atoms with Crippen LogP contribution in [0.2, 0.25) is 0 Å². The Bertz CT molecular complexity index is 1940. The first kappa shape index (κ1) is 33.6. The van der Waals surface area contributed by atoms with Gasteiger partial charge in [-0.15, -0.1) is 0 Å². The minimum Gasteiger partial charge on any atom is -0.465 e. The number of carbonyl (C=O) groups excluding carboxylic acids is 3. The Morgan fingerprint density at radius 2 is 1.39 bits per heavy atom. The summed E-state index contributed by atoms with van der Waals surface area (Å²) in [7, 11) is 1.17. The van der Waals surface area contributed by atoms with E-state index in [1.807, 2.05) is 0 Å². The first-order chi connectivity index (χ1) is 23.5. The summed E-state index contributed by atoms with van der Waals surface area (Å²) in [6.07, 6.45) is 7.39. The Labute approximate surface area is 281 Å². The summed E-state index contributed by atoms with van der Waals surface area (Å²) in [4.78, 5) is 54.6. The molecule has 49 heavy (non-hydrogen) atoms. The standard InChI is InChI=1S/C36H36F2N6O5/c1-18-24(32-34(40)42-17-29(44-32)19-3-8-22(45)9-4-19)13-14-26(30(18)38)36(47)49-23-10-5-20(6-11-23)28-16-41-33(39)31(43-28)21-7-12-25(27(37)15-21)35(46)48-2/h7,12-17,19-20,23H,3-6,8-11H2,1-2H3,(H2,39,41)(H2,40,42). The number of aromatic nitrogens is 4. The molecule has 0 amide bonds. The number of halogens is 2. The first-order valence-corrected chi connectivity index (χ1v) is 16.2. The summed E-state index contributed by atoms with van der Waals surface area (Å²) < 4.78 is 40.6. The molecule has 0 spiro atoms. The first-order valence-electron chi connectivity index (χ1n) is 16.2. The number of nitrogens with zero attached hydrogens (tertiary/aromatic N) is 4. The number of nitrogens with two attached hydrogens (primary N) is 2. The zero-order valence-electron chi connectivity index (χ0n) is 27.2. The smallest absolute Gasteiger partial charge is 0.341 e. The van der Waals surface area contributed by atoms with Gasteiger partial charge in [-0.05, 0) is 69.2 Å². The van der Waals surface area contributed by atoms with Gasteiger partial charge >= 0.3 is 11.9 Å². The molecular weight excluding hydrogens is 634 g/mol. The van der Waals surface area contributed by atoms with Crippen molar-refractivity contribution in [2.24, 2.45) is 0 Å². The summed E-state index contributed by atoms with van der Waals surface area (Å²) in [6, 6.07) is 6.99. The van der Waals surface area contributed by atoms with Gasteiger partial charge in [-0.3, -0.25) is 4.79 Å². The van der Waals surface area contributed by atoms with E-state index in [2.05, 4.69) is 19.7 Å². The molecule has 0 aliphatic heterocycles. The van der Waals surface area contributed by atoms with E-state index in [1.54, 1.807) is 25.4 Å². The molecule has 2 fully saturated rings. The molecule has 2 aromatic carbocycles. The zero-order chi connectivity index (χ0) is 34.8. The lowest BCUT2D eigenvalue weighted by Gasteiger charge is -2.28. The van der Waals surface area contributed by atoms with Crippen LogP contribution in [-0.2, 0) is 14.3 Å². The van der Waals surface area contributed by atoms with Gasteiger partial charge in [0.2, 0.25) is 0 Å². The molecule has 0 saturated heterocycles. The second kappa shape index (κ2) is 14.0. The van der Waals surface area contributed by atoms with Gasteiger partial charge in [-0.2, -0.15) is 0 Å². The van der Waals surface area contributed by atoms with Crippen molar-refractivity contribution in [2.75, 3.05) is 18.6 Å². The monoisotopic (exact) mass is 670 g/mol. The molecular formula is C36H36F2N6O5. The summed E-state index contributed by atoms with van der Waals surface area (Å²) in [5.74, 6) is -2.48. The predicted molar refractivity (Wildman–Crippen MR) is 176 cm³/mol.